The zero-order valence-electron chi connectivity index (χ0n) is 27.8. The third-order valence-corrected chi connectivity index (χ3v) is 13.3. The number of aromatic nitrogens is 1. The number of hydrogen-bond acceptors (Lipinski definition) is 8. The van der Waals surface area contributed by atoms with Crippen LogP contribution in [0.3, 0.4) is 0 Å². The van der Waals surface area contributed by atoms with E-state index in [2.05, 4.69) is 15.4 Å². The summed E-state index contributed by atoms with van der Waals surface area (Å²) in [6.07, 6.45) is 7.82. The van der Waals surface area contributed by atoms with Gasteiger partial charge in [0.2, 0.25) is 21.8 Å². The van der Waals surface area contributed by atoms with E-state index in [1.54, 1.807) is 6.92 Å². The molecule has 4 amide bonds. The van der Waals surface area contributed by atoms with E-state index in [0.717, 1.165) is 29.3 Å². The second-order valence-electron chi connectivity index (χ2n) is 14.7. The van der Waals surface area contributed by atoms with Crippen molar-refractivity contribution in [3.8, 4) is 5.75 Å². The molecule has 0 radical (unpaired) electrons. The first kappa shape index (κ1) is 33.3. The van der Waals surface area contributed by atoms with Gasteiger partial charge in [-0.3, -0.25) is 19.1 Å². The number of carboxylic acid groups (broad SMARTS) is 1. The van der Waals surface area contributed by atoms with Crippen LogP contribution < -0.4 is 20.1 Å². The van der Waals surface area contributed by atoms with E-state index in [1.807, 2.05) is 43.3 Å². The molecule has 5 aliphatic rings. The summed E-state index contributed by atoms with van der Waals surface area (Å²) < 4.78 is 34.1. The Balaban J connectivity index is 1.23. The van der Waals surface area contributed by atoms with Crippen molar-refractivity contribution in [3.63, 3.8) is 0 Å². The van der Waals surface area contributed by atoms with Crippen LogP contribution in [0.1, 0.15) is 82.4 Å². The van der Waals surface area contributed by atoms with Crippen LogP contribution in [0.25, 0.3) is 10.9 Å². The molecule has 3 fully saturated rings. The number of pyridine rings is 1. The highest BCUT2D eigenvalue weighted by molar-refractivity contribution is 7.91. The maximum atomic E-state index is 14.4. The zero-order chi connectivity index (χ0) is 34.8. The Hall–Kier alpha value is -4.20. The standard InChI is InChI=1S/C35H43N5O8S/c1-21-28-24(23-11-8-9-12-25(23)36-21)14-15-34(48-28)19-27-29(41)38-35(31(43)39-49(46,47)33(2)16-17-33)18-22(35)10-6-4-3-5-7-13-26(37-32(44)45)30(42)40(27)20-34/h6,8-12,22,26-27,37H,3-5,7,13-20H2,1-2H3,(H,38,41)(H,39,43)(H,44,45)/b10-6-/t22-,26+,27+,34+,35-/m1/s1. The lowest BCUT2D eigenvalue weighted by Gasteiger charge is -2.36. The second kappa shape index (κ2) is 12.0. The molecule has 5 atom stereocenters. The Morgan fingerprint density at radius 1 is 1.10 bits per heavy atom. The van der Waals surface area contributed by atoms with E-state index in [4.69, 9.17) is 9.72 Å². The third kappa shape index (κ3) is 6.01. The fourth-order valence-corrected chi connectivity index (χ4v) is 9.10. The van der Waals surface area contributed by atoms with Crippen molar-refractivity contribution in [2.45, 2.75) is 112 Å². The molecule has 7 rings (SSSR count). The third-order valence-electron chi connectivity index (χ3n) is 11.2. The average molecular weight is 694 g/mol. The molecule has 1 saturated heterocycles. The van der Waals surface area contributed by atoms with E-state index in [9.17, 15) is 32.7 Å². The van der Waals surface area contributed by atoms with Crippen LogP contribution in [0.5, 0.6) is 5.75 Å². The molecule has 1 spiro atoms. The fraction of sp³-hybridized carbons (Fsp3) is 0.571. The molecule has 4 heterocycles. The second-order valence-corrected chi connectivity index (χ2v) is 16.9. The van der Waals surface area contributed by atoms with Gasteiger partial charge in [-0.15, -0.1) is 0 Å². The highest BCUT2D eigenvalue weighted by Crippen LogP contribution is 2.49. The van der Waals surface area contributed by atoms with Gasteiger partial charge >= 0.3 is 6.09 Å². The van der Waals surface area contributed by atoms with Crippen LogP contribution in [-0.4, -0.2) is 81.7 Å². The summed E-state index contributed by atoms with van der Waals surface area (Å²) in [6, 6.07) is 5.63. The molecule has 4 N–H and O–H groups in total. The summed E-state index contributed by atoms with van der Waals surface area (Å²) in [5.74, 6) is -1.75. The normalized spacial score (nSPS) is 31.6. The van der Waals surface area contributed by atoms with Crippen molar-refractivity contribution >= 4 is 44.7 Å². The predicted octanol–water partition coefficient (Wildman–Crippen LogP) is 3.24. The summed E-state index contributed by atoms with van der Waals surface area (Å²) in [4.78, 5) is 60.4. The summed E-state index contributed by atoms with van der Waals surface area (Å²) in [7, 11) is -3.97. The van der Waals surface area contributed by atoms with Gasteiger partial charge in [0, 0.05) is 23.3 Å². The number of fused-ring (bicyclic) bond motifs is 5. The van der Waals surface area contributed by atoms with Gasteiger partial charge in [-0.05, 0) is 71.3 Å². The summed E-state index contributed by atoms with van der Waals surface area (Å²) in [5, 5.41) is 15.9. The molecular formula is C35H43N5O8S. The molecule has 1 aromatic carbocycles. The lowest BCUT2D eigenvalue weighted by Crippen LogP contribution is -2.58. The molecule has 0 unspecified atom stereocenters. The van der Waals surface area contributed by atoms with Crippen LogP contribution in [0, 0.1) is 12.8 Å². The lowest BCUT2D eigenvalue weighted by molar-refractivity contribution is -0.141. The highest BCUT2D eigenvalue weighted by Gasteiger charge is 2.64. The maximum Gasteiger partial charge on any atom is 0.405 e. The lowest BCUT2D eigenvalue weighted by atomic mass is 9.87. The first-order valence-electron chi connectivity index (χ1n) is 17.2. The van der Waals surface area contributed by atoms with Crippen molar-refractivity contribution in [1.29, 1.82) is 0 Å². The number of para-hydroxylation sites is 1. The zero-order valence-corrected chi connectivity index (χ0v) is 28.6. The van der Waals surface area contributed by atoms with E-state index in [0.29, 0.717) is 50.0 Å². The van der Waals surface area contributed by atoms with Gasteiger partial charge in [0.05, 0.1) is 22.5 Å². The Morgan fingerprint density at radius 2 is 1.88 bits per heavy atom. The van der Waals surface area contributed by atoms with E-state index in [-0.39, 0.29) is 25.8 Å². The number of sulfonamides is 1. The number of ether oxygens (including phenoxy) is 1. The minimum atomic E-state index is -3.97. The molecule has 2 aromatic rings. The minimum Gasteiger partial charge on any atom is -0.483 e. The molecule has 0 bridgehead atoms. The Morgan fingerprint density at radius 3 is 2.63 bits per heavy atom. The molecular weight excluding hydrogens is 650 g/mol. The van der Waals surface area contributed by atoms with Gasteiger partial charge in [-0.25, -0.2) is 18.2 Å². The average Bonchev–Trinajstić information content (AvgIpc) is 3.94. The number of nitrogens with zero attached hydrogens (tertiary/aromatic N) is 2. The van der Waals surface area contributed by atoms with E-state index in [1.165, 1.54) is 4.90 Å². The van der Waals surface area contributed by atoms with Gasteiger partial charge in [0.1, 0.15) is 29.0 Å². The smallest absolute Gasteiger partial charge is 0.405 e. The molecule has 49 heavy (non-hydrogen) atoms. The fourth-order valence-electron chi connectivity index (χ4n) is 7.79. The van der Waals surface area contributed by atoms with Crippen LogP contribution in [0.2, 0.25) is 0 Å². The van der Waals surface area contributed by atoms with Crippen LogP contribution in [0.4, 0.5) is 4.79 Å². The molecule has 3 aliphatic heterocycles. The number of aryl methyl sites for hydroxylation is 2. The number of rotatable bonds is 4. The number of carbonyl (C=O) groups excluding carboxylic acids is 3. The molecule has 2 aliphatic carbocycles. The van der Waals surface area contributed by atoms with Gasteiger partial charge < -0.3 is 25.4 Å². The number of carbonyl (C=O) groups is 4. The highest BCUT2D eigenvalue weighted by atomic mass is 32.2. The SMILES string of the molecule is Cc1nc2ccccc2c2c1O[C@@]1(CC2)C[C@H]2C(=O)N[C@]3(C(=O)NS(=O)(=O)C4(C)CC4)C[C@H]3/C=C\CCCCC[C@H](NC(=O)O)C(=O)N2C1. The van der Waals surface area contributed by atoms with E-state index >= 15 is 0 Å². The van der Waals surface area contributed by atoms with Crippen LogP contribution in [-0.2, 0) is 30.8 Å². The summed E-state index contributed by atoms with van der Waals surface area (Å²) in [5.41, 5.74) is 0.0691. The molecule has 14 heteroatoms. The number of benzene rings is 1. The van der Waals surface area contributed by atoms with Crippen LogP contribution in [0.15, 0.2) is 36.4 Å². The Bertz CT molecular complexity index is 1880. The summed E-state index contributed by atoms with van der Waals surface area (Å²) >= 11 is 0. The molecule has 13 nitrogen and oxygen atoms in total. The Kier molecular flexibility index (Phi) is 8.15. The van der Waals surface area contributed by atoms with Crippen molar-refractivity contribution in [2.75, 3.05) is 6.54 Å². The van der Waals surface area contributed by atoms with Crippen molar-refractivity contribution in [1.82, 2.24) is 25.2 Å². The van der Waals surface area contributed by atoms with Crippen molar-refractivity contribution in [3.05, 3.63) is 47.7 Å². The predicted molar refractivity (Wildman–Crippen MR) is 179 cm³/mol. The maximum absolute atomic E-state index is 14.4. The quantitative estimate of drug-likeness (QED) is 0.349. The van der Waals surface area contributed by atoms with Crippen molar-refractivity contribution < 1.29 is 37.4 Å². The molecule has 2 saturated carbocycles. The molecule has 1 aromatic heterocycles. The largest absolute Gasteiger partial charge is 0.483 e. The first-order valence-corrected chi connectivity index (χ1v) is 18.7. The van der Waals surface area contributed by atoms with Gasteiger partial charge in [0.15, 0.2) is 0 Å². The van der Waals surface area contributed by atoms with Gasteiger partial charge in [-0.2, -0.15) is 0 Å². The van der Waals surface area contributed by atoms with Crippen molar-refractivity contribution in [2.24, 2.45) is 5.92 Å². The minimum absolute atomic E-state index is 0.0304. The van der Waals surface area contributed by atoms with Crippen LogP contribution >= 0.6 is 0 Å². The number of allylic oxidation sites excluding steroid dienone is 1. The molecule has 262 valence electrons. The Labute approximate surface area is 285 Å². The summed E-state index contributed by atoms with van der Waals surface area (Å²) in [6.45, 7) is 3.48. The topological polar surface area (TPSA) is 184 Å². The number of hydrogen-bond donors (Lipinski definition) is 4. The van der Waals surface area contributed by atoms with E-state index < -0.39 is 67.7 Å². The number of nitrogens with one attached hydrogen (secondary N) is 3. The monoisotopic (exact) mass is 693 g/mol. The first-order chi connectivity index (χ1) is 23.3. The number of amides is 4. The van der Waals surface area contributed by atoms with Gasteiger partial charge in [-0.1, -0.05) is 43.2 Å². The van der Waals surface area contributed by atoms with Gasteiger partial charge in [0.25, 0.3) is 5.91 Å².